The van der Waals surface area contributed by atoms with Gasteiger partial charge in [0.2, 0.25) is 0 Å². The van der Waals surface area contributed by atoms with Gasteiger partial charge >= 0.3 is 0 Å². The molecule has 178 valence electrons. The maximum atomic E-state index is 9.62. The zero-order chi connectivity index (χ0) is 23.5. The number of hydrogen-bond donors (Lipinski definition) is 1. The van der Waals surface area contributed by atoms with Gasteiger partial charge in [-0.1, -0.05) is 0 Å². The maximum absolute atomic E-state index is 9.62. The molecule has 3 aromatic heterocycles. The molecule has 9 heteroatoms. The SMILES string of the molecule is CC1(N)CCN(c2ccc(-c3cc(OCCN4CCOCC4)cn4ncc(C#N)c34)cn2)CC1. The van der Waals surface area contributed by atoms with Crippen LogP contribution in [0.2, 0.25) is 0 Å². The molecule has 2 fully saturated rings. The zero-order valence-electron chi connectivity index (χ0n) is 19.6. The number of rotatable bonds is 6. The quantitative estimate of drug-likeness (QED) is 0.596. The van der Waals surface area contributed by atoms with Crippen LogP contribution in [-0.4, -0.2) is 77.6 Å². The molecule has 2 aliphatic rings. The van der Waals surface area contributed by atoms with Crippen LogP contribution >= 0.6 is 0 Å². The number of anilines is 1. The fraction of sp³-hybridized carbons (Fsp3) is 0.480. The van der Waals surface area contributed by atoms with Gasteiger partial charge in [0, 0.05) is 55.6 Å². The van der Waals surface area contributed by atoms with Crippen molar-refractivity contribution in [1.82, 2.24) is 19.5 Å². The van der Waals surface area contributed by atoms with E-state index < -0.39 is 0 Å². The Morgan fingerprint density at radius 1 is 1.18 bits per heavy atom. The number of nitrogens with two attached hydrogens (primary N) is 1. The van der Waals surface area contributed by atoms with Gasteiger partial charge in [-0.25, -0.2) is 9.50 Å². The molecule has 0 bridgehead atoms. The van der Waals surface area contributed by atoms with Crippen LogP contribution in [0.1, 0.15) is 25.3 Å². The first-order valence-electron chi connectivity index (χ1n) is 11.9. The van der Waals surface area contributed by atoms with E-state index in [4.69, 9.17) is 20.2 Å². The van der Waals surface area contributed by atoms with Crippen molar-refractivity contribution < 1.29 is 9.47 Å². The third-order valence-electron chi connectivity index (χ3n) is 6.78. The van der Waals surface area contributed by atoms with E-state index in [9.17, 15) is 5.26 Å². The lowest BCUT2D eigenvalue weighted by Crippen LogP contribution is -2.48. The molecule has 9 nitrogen and oxygen atoms in total. The van der Waals surface area contributed by atoms with Crippen molar-refractivity contribution >= 4 is 11.3 Å². The van der Waals surface area contributed by atoms with E-state index in [1.165, 1.54) is 0 Å². The van der Waals surface area contributed by atoms with Crippen molar-refractivity contribution in [2.75, 3.05) is 57.4 Å². The summed E-state index contributed by atoms with van der Waals surface area (Å²) in [5, 5.41) is 14.0. The van der Waals surface area contributed by atoms with E-state index >= 15 is 0 Å². The van der Waals surface area contributed by atoms with Gasteiger partial charge in [-0.2, -0.15) is 10.4 Å². The second kappa shape index (κ2) is 9.58. The Labute approximate surface area is 199 Å². The van der Waals surface area contributed by atoms with E-state index in [-0.39, 0.29) is 5.54 Å². The molecule has 5 heterocycles. The van der Waals surface area contributed by atoms with Crippen LogP contribution in [0, 0.1) is 11.3 Å². The number of piperidine rings is 1. The van der Waals surface area contributed by atoms with Crippen molar-refractivity contribution in [3.63, 3.8) is 0 Å². The monoisotopic (exact) mass is 461 g/mol. The summed E-state index contributed by atoms with van der Waals surface area (Å²) in [5.74, 6) is 1.66. The molecule has 2 N–H and O–H groups in total. The van der Waals surface area contributed by atoms with Crippen LogP contribution in [0.5, 0.6) is 5.75 Å². The molecule has 0 radical (unpaired) electrons. The largest absolute Gasteiger partial charge is 0.491 e. The van der Waals surface area contributed by atoms with Crippen LogP contribution < -0.4 is 15.4 Å². The van der Waals surface area contributed by atoms with Gasteiger partial charge in [0.15, 0.2) is 0 Å². The highest BCUT2D eigenvalue weighted by Crippen LogP contribution is 2.32. The maximum Gasteiger partial charge on any atom is 0.138 e. The number of fused-ring (bicyclic) bond motifs is 1. The molecule has 0 aromatic carbocycles. The average molecular weight is 462 g/mol. The Bertz CT molecular complexity index is 1170. The predicted octanol–water partition coefficient (Wildman–Crippen LogP) is 2.30. The van der Waals surface area contributed by atoms with E-state index in [1.54, 1.807) is 10.7 Å². The van der Waals surface area contributed by atoms with Crippen molar-refractivity contribution in [2.45, 2.75) is 25.3 Å². The minimum Gasteiger partial charge on any atom is -0.491 e. The third kappa shape index (κ3) is 4.85. The number of ether oxygens (including phenoxy) is 2. The first kappa shape index (κ1) is 22.6. The Morgan fingerprint density at radius 2 is 1.97 bits per heavy atom. The smallest absolute Gasteiger partial charge is 0.138 e. The lowest BCUT2D eigenvalue weighted by molar-refractivity contribution is 0.0322. The number of nitriles is 1. The van der Waals surface area contributed by atoms with Crippen molar-refractivity contribution in [1.29, 1.82) is 5.26 Å². The Balaban J connectivity index is 1.37. The van der Waals surface area contributed by atoms with Gasteiger partial charge in [-0.05, 0) is 38.0 Å². The molecule has 0 atom stereocenters. The standard InChI is InChI=1S/C25H31N7O2/c1-25(27)4-6-31(7-5-25)23-3-2-19(16-28-23)22-14-21(18-32-24(22)20(15-26)17-29-32)34-13-10-30-8-11-33-12-9-30/h2-3,14,16-18H,4-13,27H2,1H3. The van der Waals surface area contributed by atoms with Crippen LogP contribution in [0.3, 0.4) is 0 Å². The topological polar surface area (TPSA) is 105 Å². The Morgan fingerprint density at radius 3 is 2.68 bits per heavy atom. The number of hydrogen-bond acceptors (Lipinski definition) is 8. The summed E-state index contributed by atoms with van der Waals surface area (Å²) in [4.78, 5) is 9.35. The van der Waals surface area contributed by atoms with E-state index in [2.05, 4.69) is 34.0 Å². The molecule has 0 aliphatic carbocycles. The molecule has 3 aromatic rings. The minimum atomic E-state index is -0.0973. The number of morpholine rings is 1. The number of aromatic nitrogens is 3. The summed E-state index contributed by atoms with van der Waals surface area (Å²) >= 11 is 0. The second-order valence-electron chi connectivity index (χ2n) is 9.40. The summed E-state index contributed by atoms with van der Waals surface area (Å²) in [5.41, 5.74) is 9.27. The molecule has 2 saturated heterocycles. The van der Waals surface area contributed by atoms with E-state index in [0.29, 0.717) is 17.9 Å². The van der Waals surface area contributed by atoms with Crippen LogP contribution in [-0.2, 0) is 4.74 Å². The van der Waals surface area contributed by atoms with Gasteiger partial charge < -0.3 is 20.1 Å². The van der Waals surface area contributed by atoms with Gasteiger partial charge in [0.1, 0.15) is 24.2 Å². The fourth-order valence-corrected chi connectivity index (χ4v) is 4.57. The number of nitrogens with zero attached hydrogens (tertiary/aromatic N) is 6. The highest BCUT2D eigenvalue weighted by molar-refractivity contribution is 5.85. The molecule has 0 saturated carbocycles. The van der Waals surface area contributed by atoms with Crippen molar-refractivity contribution in [3.8, 4) is 22.9 Å². The summed E-state index contributed by atoms with van der Waals surface area (Å²) in [6.45, 7) is 8.72. The molecular formula is C25H31N7O2. The van der Waals surface area contributed by atoms with E-state index in [1.807, 2.05) is 24.5 Å². The first-order valence-corrected chi connectivity index (χ1v) is 11.9. The Hall–Kier alpha value is -3.19. The lowest BCUT2D eigenvalue weighted by atomic mass is 9.91. The van der Waals surface area contributed by atoms with Crippen LogP contribution in [0.4, 0.5) is 5.82 Å². The van der Waals surface area contributed by atoms with Crippen LogP contribution in [0.25, 0.3) is 16.6 Å². The highest BCUT2D eigenvalue weighted by Gasteiger charge is 2.26. The minimum absolute atomic E-state index is 0.0973. The lowest BCUT2D eigenvalue weighted by Gasteiger charge is -2.37. The molecule has 34 heavy (non-hydrogen) atoms. The molecule has 2 aliphatic heterocycles. The third-order valence-corrected chi connectivity index (χ3v) is 6.78. The van der Waals surface area contributed by atoms with Crippen molar-refractivity contribution in [2.24, 2.45) is 5.73 Å². The summed E-state index contributed by atoms with van der Waals surface area (Å²) in [7, 11) is 0. The van der Waals surface area contributed by atoms with Gasteiger partial charge in [-0.3, -0.25) is 4.90 Å². The molecule has 0 unspecified atom stereocenters. The fourth-order valence-electron chi connectivity index (χ4n) is 4.57. The highest BCUT2D eigenvalue weighted by atomic mass is 16.5. The predicted molar refractivity (Wildman–Crippen MR) is 130 cm³/mol. The van der Waals surface area contributed by atoms with E-state index in [0.717, 1.165) is 81.2 Å². The van der Waals surface area contributed by atoms with Crippen molar-refractivity contribution in [3.05, 3.63) is 42.4 Å². The van der Waals surface area contributed by atoms with Gasteiger partial charge in [-0.15, -0.1) is 0 Å². The summed E-state index contributed by atoms with van der Waals surface area (Å²) in [6, 6.07) is 8.33. The average Bonchev–Trinajstić information content (AvgIpc) is 3.28. The van der Waals surface area contributed by atoms with Gasteiger partial charge in [0.05, 0.1) is 36.7 Å². The zero-order valence-corrected chi connectivity index (χ0v) is 19.6. The van der Waals surface area contributed by atoms with Gasteiger partial charge in [0.25, 0.3) is 0 Å². The first-order chi connectivity index (χ1) is 16.5. The Kier molecular flexibility index (Phi) is 6.37. The molecular weight excluding hydrogens is 430 g/mol. The molecule has 5 rings (SSSR count). The second-order valence-corrected chi connectivity index (χ2v) is 9.40. The molecule has 0 spiro atoms. The summed E-state index contributed by atoms with van der Waals surface area (Å²) in [6.07, 6.45) is 7.19. The number of pyridine rings is 2. The van der Waals surface area contributed by atoms with Crippen LogP contribution in [0.15, 0.2) is 36.8 Å². The molecule has 0 amide bonds. The summed E-state index contributed by atoms with van der Waals surface area (Å²) < 4.78 is 13.2. The normalized spacial score (nSPS) is 18.7.